The van der Waals surface area contributed by atoms with Gasteiger partial charge in [0.2, 0.25) is 5.91 Å². The third kappa shape index (κ3) is 4.88. The lowest BCUT2D eigenvalue weighted by molar-refractivity contribution is -0.121. The summed E-state index contributed by atoms with van der Waals surface area (Å²) in [7, 11) is 1.68. The highest BCUT2D eigenvalue weighted by atomic mass is 16.1. The predicted octanol–water partition coefficient (Wildman–Crippen LogP) is 0.901. The van der Waals surface area contributed by atoms with Crippen LogP contribution in [0.2, 0.25) is 0 Å². The second kappa shape index (κ2) is 5.22. The van der Waals surface area contributed by atoms with Crippen molar-refractivity contribution in [3.05, 3.63) is 0 Å². The Morgan fingerprint density at radius 2 is 2.23 bits per heavy atom. The van der Waals surface area contributed by atoms with Crippen LogP contribution in [0, 0.1) is 5.92 Å². The van der Waals surface area contributed by atoms with E-state index in [4.69, 9.17) is 0 Å². The van der Waals surface area contributed by atoms with Crippen LogP contribution in [-0.2, 0) is 4.79 Å². The number of nitrogens with one attached hydrogen (secondary N) is 2. The average Bonchev–Trinajstić information content (AvgIpc) is 2.88. The molecule has 1 aliphatic rings. The molecule has 1 amide bonds. The molecule has 0 aromatic carbocycles. The molecule has 1 unspecified atom stereocenters. The van der Waals surface area contributed by atoms with E-state index in [1.54, 1.807) is 7.05 Å². The topological polar surface area (TPSA) is 41.1 Å². The molecule has 1 aliphatic carbocycles. The maximum atomic E-state index is 11.0. The van der Waals surface area contributed by atoms with E-state index in [0.717, 1.165) is 12.5 Å². The number of carbonyl (C=O) groups excluding carboxylic acids is 1. The van der Waals surface area contributed by atoms with Gasteiger partial charge < -0.3 is 10.6 Å². The molecule has 0 aromatic rings. The van der Waals surface area contributed by atoms with Gasteiger partial charge in [0.1, 0.15) is 0 Å². The van der Waals surface area contributed by atoms with Gasteiger partial charge in [0.05, 0.1) is 0 Å². The lowest BCUT2D eigenvalue weighted by Crippen LogP contribution is -2.33. The maximum Gasteiger partial charge on any atom is 0.221 e. The largest absolute Gasteiger partial charge is 0.359 e. The van der Waals surface area contributed by atoms with Gasteiger partial charge in [0, 0.05) is 19.5 Å². The predicted molar refractivity (Wildman–Crippen MR) is 53.5 cm³/mol. The Morgan fingerprint density at radius 1 is 1.54 bits per heavy atom. The highest BCUT2D eigenvalue weighted by Gasteiger charge is 2.20. The molecule has 0 radical (unpaired) electrons. The van der Waals surface area contributed by atoms with E-state index in [1.165, 1.54) is 19.3 Å². The molecule has 0 saturated heterocycles. The smallest absolute Gasteiger partial charge is 0.221 e. The summed E-state index contributed by atoms with van der Waals surface area (Å²) in [5.41, 5.74) is 0. The standard InChI is InChI=1S/C10H20N2O/c1-8(7-10(13)11-2)12-6-5-9-3-4-9/h8-9,12H,3-7H2,1-2H3,(H,11,13). The number of carbonyl (C=O) groups is 1. The number of hydrogen-bond donors (Lipinski definition) is 2. The average molecular weight is 184 g/mol. The molecule has 0 bridgehead atoms. The number of rotatable bonds is 6. The summed E-state index contributed by atoms with van der Waals surface area (Å²) in [6, 6.07) is 0.304. The van der Waals surface area contributed by atoms with Crippen molar-refractivity contribution >= 4 is 5.91 Å². The molecular formula is C10H20N2O. The van der Waals surface area contributed by atoms with Gasteiger partial charge in [-0.05, 0) is 25.8 Å². The Labute approximate surface area is 80.3 Å². The second-order valence-corrected chi connectivity index (χ2v) is 3.96. The first kappa shape index (κ1) is 10.5. The first-order valence-electron chi connectivity index (χ1n) is 5.16. The Morgan fingerprint density at radius 3 is 2.77 bits per heavy atom. The van der Waals surface area contributed by atoms with Crippen LogP contribution in [0.5, 0.6) is 0 Å². The van der Waals surface area contributed by atoms with Crippen LogP contribution in [0.1, 0.15) is 32.6 Å². The van der Waals surface area contributed by atoms with Crippen molar-refractivity contribution in [3.8, 4) is 0 Å². The van der Waals surface area contributed by atoms with Gasteiger partial charge in [0.15, 0.2) is 0 Å². The molecule has 3 heteroatoms. The fourth-order valence-corrected chi connectivity index (χ4v) is 1.39. The lowest BCUT2D eigenvalue weighted by atomic mass is 10.2. The summed E-state index contributed by atoms with van der Waals surface area (Å²) < 4.78 is 0. The maximum absolute atomic E-state index is 11.0. The van der Waals surface area contributed by atoms with Gasteiger partial charge in [-0.3, -0.25) is 4.79 Å². The molecule has 1 fully saturated rings. The molecule has 0 aliphatic heterocycles. The van der Waals surface area contributed by atoms with Gasteiger partial charge >= 0.3 is 0 Å². The summed E-state index contributed by atoms with van der Waals surface area (Å²) >= 11 is 0. The van der Waals surface area contributed by atoms with Gasteiger partial charge in [-0.2, -0.15) is 0 Å². The Balaban J connectivity index is 1.95. The van der Waals surface area contributed by atoms with Crippen molar-refractivity contribution < 1.29 is 4.79 Å². The fourth-order valence-electron chi connectivity index (χ4n) is 1.39. The fraction of sp³-hybridized carbons (Fsp3) is 0.900. The van der Waals surface area contributed by atoms with Crippen LogP contribution in [-0.4, -0.2) is 25.5 Å². The molecule has 1 saturated carbocycles. The third-order valence-electron chi connectivity index (χ3n) is 2.51. The third-order valence-corrected chi connectivity index (χ3v) is 2.51. The van der Waals surface area contributed by atoms with Crippen LogP contribution in [0.3, 0.4) is 0 Å². The molecule has 1 rings (SSSR count). The van der Waals surface area contributed by atoms with E-state index >= 15 is 0 Å². The Hall–Kier alpha value is -0.570. The summed E-state index contributed by atoms with van der Waals surface area (Å²) in [5, 5.41) is 5.99. The van der Waals surface area contributed by atoms with Crippen LogP contribution in [0.15, 0.2) is 0 Å². The van der Waals surface area contributed by atoms with Crippen molar-refractivity contribution in [3.63, 3.8) is 0 Å². The van der Waals surface area contributed by atoms with Gasteiger partial charge in [-0.15, -0.1) is 0 Å². The molecule has 0 spiro atoms. The molecule has 13 heavy (non-hydrogen) atoms. The highest BCUT2D eigenvalue weighted by molar-refractivity contribution is 5.76. The number of hydrogen-bond acceptors (Lipinski definition) is 2. The van der Waals surface area contributed by atoms with E-state index in [2.05, 4.69) is 17.6 Å². The van der Waals surface area contributed by atoms with E-state index in [9.17, 15) is 4.79 Å². The Bertz CT molecular complexity index is 166. The van der Waals surface area contributed by atoms with Crippen LogP contribution in [0.4, 0.5) is 0 Å². The number of amides is 1. The van der Waals surface area contributed by atoms with Crippen molar-refractivity contribution in [1.29, 1.82) is 0 Å². The molecule has 1 atom stereocenters. The van der Waals surface area contributed by atoms with Crippen molar-refractivity contribution in [2.75, 3.05) is 13.6 Å². The van der Waals surface area contributed by atoms with Crippen molar-refractivity contribution in [1.82, 2.24) is 10.6 Å². The zero-order valence-corrected chi connectivity index (χ0v) is 8.60. The first-order chi connectivity index (χ1) is 6.22. The summed E-state index contributed by atoms with van der Waals surface area (Å²) in [4.78, 5) is 11.0. The minimum Gasteiger partial charge on any atom is -0.359 e. The monoisotopic (exact) mass is 184 g/mol. The molecule has 0 heterocycles. The van der Waals surface area contributed by atoms with Gasteiger partial charge in [-0.1, -0.05) is 12.8 Å². The normalized spacial score (nSPS) is 18.3. The van der Waals surface area contributed by atoms with Crippen LogP contribution >= 0.6 is 0 Å². The molecular weight excluding hydrogens is 164 g/mol. The second-order valence-electron chi connectivity index (χ2n) is 3.96. The van der Waals surface area contributed by atoms with Gasteiger partial charge in [0.25, 0.3) is 0 Å². The first-order valence-corrected chi connectivity index (χ1v) is 5.16. The minimum atomic E-state index is 0.117. The van der Waals surface area contributed by atoms with Crippen molar-refractivity contribution in [2.24, 2.45) is 5.92 Å². The van der Waals surface area contributed by atoms with Crippen LogP contribution in [0.25, 0.3) is 0 Å². The zero-order chi connectivity index (χ0) is 9.68. The van der Waals surface area contributed by atoms with Crippen LogP contribution < -0.4 is 10.6 Å². The lowest BCUT2D eigenvalue weighted by Gasteiger charge is -2.12. The summed E-state index contributed by atoms with van der Waals surface area (Å²) in [5.74, 6) is 1.09. The molecule has 3 nitrogen and oxygen atoms in total. The SMILES string of the molecule is CNC(=O)CC(C)NCCC1CC1. The minimum absolute atomic E-state index is 0.117. The van der Waals surface area contributed by atoms with E-state index in [-0.39, 0.29) is 5.91 Å². The summed E-state index contributed by atoms with van der Waals surface area (Å²) in [6.07, 6.45) is 4.68. The van der Waals surface area contributed by atoms with E-state index < -0.39 is 0 Å². The van der Waals surface area contributed by atoms with E-state index in [1.807, 2.05) is 0 Å². The molecule has 76 valence electrons. The Kier molecular flexibility index (Phi) is 4.22. The van der Waals surface area contributed by atoms with E-state index in [0.29, 0.717) is 12.5 Å². The summed E-state index contributed by atoms with van der Waals surface area (Å²) in [6.45, 7) is 3.12. The molecule has 2 N–H and O–H groups in total. The van der Waals surface area contributed by atoms with Gasteiger partial charge in [-0.25, -0.2) is 0 Å². The molecule has 0 aromatic heterocycles. The highest BCUT2D eigenvalue weighted by Crippen LogP contribution is 2.31. The zero-order valence-electron chi connectivity index (χ0n) is 8.60. The quantitative estimate of drug-likeness (QED) is 0.644. The van der Waals surface area contributed by atoms with Crippen molar-refractivity contribution in [2.45, 2.75) is 38.6 Å².